The van der Waals surface area contributed by atoms with E-state index < -0.39 is 5.97 Å². The number of carboxylic acid groups (broad SMARTS) is 1. The van der Waals surface area contributed by atoms with Crippen LogP contribution in [-0.4, -0.2) is 35.6 Å². The fraction of sp³-hybridized carbons (Fsp3) is 0.917. The van der Waals surface area contributed by atoms with Crippen LogP contribution in [0.4, 0.5) is 0 Å². The van der Waals surface area contributed by atoms with Gasteiger partial charge in [-0.15, -0.1) is 0 Å². The molecule has 0 heterocycles. The summed E-state index contributed by atoms with van der Waals surface area (Å²) in [5.41, 5.74) is 0. The molecule has 3 nitrogen and oxygen atoms in total. The van der Waals surface area contributed by atoms with Gasteiger partial charge in [-0.05, 0) is 31.8 Å². The van der Waals surface area contributed by atoms with E-state index in [1.807, 2.05) is 25.8 Å². The van der Waals surface area contributed by atoms with Gasteiger partial charge in [-0.3, -0.25) is 9.69 Å². The van der Waals surface area contributed by atoms with Crippen LogP contribution < -0.4 is 0 Å². The average molecular weight is 215 g/mol. The molecule has 0 saturated carbocycles. The highest BCUT2D eigenvalue weighted by Crippen LogP contribution is 2.15. The van der Waals surface area contributed by atoms with E-state index in [-0.39, 0.29) is 12.0 Å². The molecule has 0 aliphatic rings. The van der Waals surface area contributed by atoms with Crippen molar-refractivity contribution >= 4 is 5.97 Å². The molecule has 2 unspecified atom stereocenters. The molecule has 1 N–H and O–H groups in total. The number of aliphatic carboxylic acids is 1. The Hall–Kier alpha value is -0.570. The van der Waals surface area contributed by atoms with Crippen LogP contribution in [0.5, 0.6) is 0 Å². The van der Waals surface area contributed by atoms with Crippen molar-refractivity contribution in [1.82, 2.24) is 4.90 Å². The monoisotopic (exact) mass is 215 g/mol. The lowest BCUT2D eigenvalue weighted by Gasteiger charge is -2.29. The first-order valence-corrected chi connectivity index (χ1v) is 5.83. The van der Waals surface area contributed by atoms with Crippen molar-refractivity contribution in [2.45, 2.75) is 46.6 Å². The molecule has 0 aromatic carbocycles. The Bertz CT molecular complexity index is 192. The predicted molar refractivity (Wildman–Crippen MR) is 63.0 cm³/mol. The van der Waals surface area contributed by atoms with Crippen molar-refractivity contribution in [3.05, 3.63) is 0 Å². The first-order valence-electron chi connectivity index (χ1n) is 5.83. The minimum Gasteiger partial charge on any atom is -0.480 e. The lowest BCUT2D eigenvalue weighted by atomic mass is 9.97. The molecule has 15 heavy (non-hydrogen) atoms. The first kappa shape index (κ1) is 14.4. The van der Waals surface area contributed by atoms with E-state index in [9.17, 15) is 4.79 Å². The van der Waals surface area contributed by atoms with Crippen LogP contribution in [0, 0.1) is 11.8 Å². The average Bonchev–Trinajstić information content (AvgIpc) is 2.14. The standard InChI is InChI=1S/C12H25NO2/c1-6-10(4)11(12(14)15)13(5)8-7-9(2)3/h9-11H,6-8H2,1-5H3,(H,14,15). The molecule has 0 spiro atoms. The molecule has 0 aliphatic heterocycles. The maximum absolute atomic E-state index is 11.1. The van der Waals surface area contributed by atoms with E-state index in [1.54, 1.807) is 0 Å². The highest BCUT2D eigenvalue weighted by Gasteiger charge is 2.27. The minimum atomic E-state index is -0.699. The molecule has 0 radical (unpaired) electrons. The highest BCUT2D eigenvalue weighted by atomic mass is 16.4. The van der Waals surface area contributed by atoms with Crippen LogP contribution in [0.25, 0.3) is 0 Å². The Morgan fingerprint density at radius 2 is 1.87 bits per heavy atom. The number of nitrogens with zero attached hydrogens (tertiary/aromatic N) is 1. The second-order valence-corrected chi connectivity index (χ2v) is 4.83. The summed E-state index contributed by atoms with van der Waals surface area (Å²) in [4.78, 5) is 13.1. The SMILES string of the molecule is CCC(C)C(C(=O)O)N(C)CCC(C)C. The zero-order valence-corrected chi connectivity index (χ0v) is 10.7. The lowest BCUT2D eigenvalue weighted by molar-refractivity contribution is -0.144. The van der Waals surface area contributed by atoms with Gasteiger partial charge in [0.05, 0.1) is 0 Å². The molecule has 0 aromatic rings. The largest absolute Gasteiger partial charge is 0.480 e. The maximum Gasteiger partial charge on any atom is 0.321 e. The summed E-state index contributed by atoms with van der Waals surface area (Å²) in [7, 11) is 1.91. The summed E-state index contributed by atoms with van der Waals surface area (Å²) in [6, 6.07) is -0.339. The molecule has 0 amide bonds. The topological polar surface area (TPSA) is 40.5 Å². The maximum atomic E-state index is 11.1. The smallest absolute Gasteiger partial charge is 0.321 e. The van der Waals surface area contributed by atoms with Crippen molar-refractivity contribution in [3.8, 4) is 0 Å². The molecule has 0 saturated heterocycles. The van der Waals surface area contributed by atoms with Gasteiger partial charge < -0.3 is 5.11 Å². The number of hydrogen-bond donors (Lipinski definition) is 1. The van der Waals surface area contributed by atoms with E-state index in [4.69, 9.17) is 5.11 Å². The van der Waals surface area contributed by atoms with Crippen LogP contribution >= 0.6 is 0 Å². The van der Waals surface area contributed by atoms with Gasteiger partial charge >= 0.3 is 5.97 Å². The molecule has 90 valence electrons. The molecular weight excluding hydrogens is 190 g/mol. The fourth-order valence-corrected chi connectivity index (χ4v) is 1.69. The van der Waals surface area contributed by atoms with Crippen LogP contribution in [0.3, 0.4) is 0 Å². The Morgan fingerprint density at radius 1 is 1.33 bits per heavy atom. The highest BCUT2D eigenvalue weighted by molar-refractivity contribution is 5.73. The van der Waals surface area contributed by atoms with Gasteiger partial charge in [0.25, 0.3) is 0 Å². The molecule has 3 heteroatoms. The minimum absolute atomic E-state index is 0.208. The third kappa shape index (κ3) is 5.17. The molecular formula is C12H25NO2. The fourth-order valence-electron chi connectivity index (χ4n) is 1.69. The van der Waals surface area contributed by atoms with Crippen molar-refractivity contribution in [2.75, 3.05) is 13.6 Å². The second kappa shape index (κ2) is 6.83. The van der Waals surface area contributed by atoms with Crippen molar-refractivity contribution in [2.24, 2.45) is 11.8 Å². The van der Waals surface area contributed by atoms with Gasteiger partial charge in [-0.1, -0.05) is 34.1 Å². The van der Waals surface area contributed by atoms with E-state index in [0.29, 0.717) is 5.92 Å². The summed E-state index contributed by atoms with van der Waals surface area (Å²) in [6.45, 7) is 9.22. The molecule has 0 rings (SSSR count). The van der Waals surface area contributed by atoms with Gasteiger partial charge in [0.1, 0.15) is 6.04 Å². The van der Waals surface area contributed by atoms with E-state index in [2.05, 4.69) is 13.8 Å². The molecule has 0 aliphatic carbocycles. The van der Waals surface area contributed by atoms with E-state index in [0.717, 1.165) is 19.4 Å². The summed E-state index contributed by atoms with van der Waals surface area (Å²) < 4.78 is 0. The Balaban J connectivity index is 4.29. The number of hydrogen-bond acceptors (Lipinski definition) is 2. The van der Waals surface area contributed by atoms with Crippen molar-refractivity contribution < 1.29 is 9.90 Å². The van der Waals surface area contributed by atoms with Crippen LogP contribution in [0.2, 0.25) is 0 Å². The Morgan fingerprint density at radius 3 is 2.20 bits per heavy atom. The number of carboxylic acids is 1. The Kier molecular flexibility index (Phi) is 6.57. The number of rotatable bonds is 7. The van der Waals surface area contributed by atoms with Gasteiger partial charge in [0.15, 0.2) is 0 Å². The van der Waals surface area contributed by atoms with E-state index in [1.165, 1.54) is 0 Å². The van der Waals surface area contributed by atoms with E-state index >= 15 is 0 Å². The van der Waals surface area contributed by atoms with Crippen molar-refractivity contribution in [1.29, 1.82) is 0 Å². The lowest BCUT2D eigenvalue weighted by Crippen LogP contribution is -2.43. The molecule has 2 atom stereocenters. The van der Waals surface area contributed by atoms with Crippen LogP contribution in [0.1, 0.15) is 40.5 Å². The zero-order valence-electron chi connectivity index (χ0n) is 10.7. The first-order chi connectivity index (χ1) is 6.90. The van der Waals surface area contributed by atoms with Gasteiger partial charge in [-0.25, -0.2) is 0 Å². The number of carbonyl (C=O) groups is 1. The third-order valence-corrected chi connectivity index (χ3v) is 2.97. The third-order valence-electron chi connectivity index (χ3n) is 2.97. The predicted octanol–water partition coefficient (Wildman–Crippen LogP) is 2.46. The Labute approximate surface area is 93.5 Å². The molecule has 0 fully saturated rings. The quantitative estimate of drug-likeness (QED) is 0.709. The molecule has 0 aromatic heterocycles. The van der Waals surface area contributed by atoms with Gasteiger partial charge in [0.2, 0.25) is 0 Å². The summed E-state index contributed by atoms with van der Waals surface area (Å²) in [5.74, 6) is 0.133. The van der Waals surface area contributed by atoms with Crippen LogP contribution in [-0.2, 0) is 4.79 Å². The second-order valence-electron chi connectivity index (χ2n) is 4.83. The normalized spacial score (nSPS) is 15.7. The summed E-state index contributed by atoms with van der Waals surface area (Å²) in [5, 5.41) is 9.17. The van der Waals surface area contributed by atoms with Gasteiger partial charge in [-0.2, -0.15) is 0 Å². The van der Waals surface area contributed by atoms with Crippen LogP contribution in [0.15, 0.2) is 0 Å². The van der Waals surface area contributed by atoms with Crippen molar-refractivity contribution in [3.63, 3.8) is 0 Å². The van der Waals surface area contributed by atoms with Gasteiger partial charge in [0, 0.05) is 0 Å². The summed E-state index contributed by atoms with van der Waals surface area (Å²) in [6.07, 6.45) is 1.96. The summed E-state index contributed by atoms with van der Waals surface area (Å²) >= 11 is 0. The zero-order chi connectivity index (χ0) is 12.0. The number of likely N-dealkylation sites (N-methyl/N-ethyl adjacent to an activating group) is 1. The molecule has 0 bridgehead atoms.